The Kier molecular flexibility index (Phi) is 5.08. The largest absolute Gasteiger partial charge is 0.335 e. The summed E-state index contributed by atoms with van der Waals surface area (Å²) in [5, 5.41) is 7.64. The molecule has 172 valence electrons. The van der Waals surface area contributed by atoms with E-state index in [2.05, 4.69) is 61.2 Å². The summed E-state index contributed by atoms with van der Waals surface area (Å²) < 4.78 is 0. The van der Waals surface area contributed by atoms with Gasteiger partial charge in [0.25, 0.3) is 0 Å². The topological polar surface area (TPSA) is 99.3 Å². The van der Waals surface area contributed by atoms with Crippen molar-refractivity contribution in [3.05, 3.63) is 78.4 Å². The number of fused-ring (bicyclic) bond motifs is 2. The molecule has 0 spiro atoms. The number of hydrogen-bond donors (Lipinski definition) is 2. The summed E-state index contributed by atoms with van der Waals surface area (Å²) in [5.41, 5.74) is 10.2. The Bertz CT molecular complexity index is 1680. The summed E-state index contributed by atoms with van der Waals surface area (Å²) in [7, 11) is 4.09. The van der Waals surface area contributed by atoms with Gasteiger partial charge in [-0.2, -0.15) is 5.10 Å². The smallest absolute Gasteiger partial charge is 0.161 e. The molecule has 0 aliphatic heterocycles. The van der Waals surface area contributed by atoms with E-state index in [1.54, 1.807) is 6.20 Å². The number of H-pyrrole nitrogens is 2. The van der Waals surface area contributed by atoms with Crippen LogP contribution in [-0.4, -0.2) is 54.1 Å². The normalized spacial score (nSPS) is 11.7. The average Bonchev–Trinajstić information content (AvgIpc) is 3.47. The summed E-state index contributed by atoms with van der Waals surface area (Å²) in [6, 6.07) is 14.5. The van der Waals surface area contributed by atoms with Crippen LogP contribution in [0.2, 0.25) is 0 Å². The first kappa shape index (κ1) is 21.1. The first-order valence-corrected chi connectivity index (χ1v) is 11.4. The molecule has 0 atom stereocenters. The van der Waals surface area contributed by atoms with Gasteiger partial charge in [-0.1, -0.05) is 29.8 Å². The lowest BCUT2D eigenvalue weighted by molar-refractivity contribution is 0.402. The molecule has 0 aliphatic carbocycles. The second kappa shape index (κ2) is 8.41. The number of imidazole rings is 1. The van der Waals surface area contributed by atoms with E-state index in [0.717, 1.165) is 56.6 Å². The number of nitrogens with zero attached hydrogens (tertiary/aromatic N) is 6. The molecule has 8 nitrogen and oxygen atoms in total. The average molecular weight is 461 g/mol. The standard InChI is InChI=1S/C27H24N8/c1-16-5-4-6-18(9-16)20-13-29-14-23-24(20)32-27(31-23)26-25-22(33-34-26)8-7-21(30-25)19-10-17(11-28-12-19)15-35(2)3/h4-14H,15H2,1-3H3,(H,31,32)(H,33,34). The molecule has 1 aromatic carbocycles. The van der Waals surface area contributed by atoms with Gasteiger partial charge in [-0.05, 0) is 50.3 Å². The minimum absolute atomic E-state index is 0.650. The lowest BCUT2D eigenvalue weighted by Crippen LogP contribution is -2.10. The second-order valence-corrected chi connectivity index (χ2v) is 9.02. The fraction of sp³-hybridized carbons (Fsp3) is 0.148. The van der Waals surface area contributed by atoms with Crippen LogP contribution in [0, 0.1) is 6.92 Å². The molecule has 0 unspecified atom stereocenters. The predicted molar refractivity (Wildman–Crippen MR) is 138 cm³/mol. The van der Waals surface area contributed by atoms with E-state index >= 15 is 0 Å². The quantitative estimate of drug-likeness (QED) is 0.376. The summed E-state index contributed by atoms with van der Waals surface area (Å²) in [5.74, 6) is 0.650. The van der Waals surface area contributed by atoms with Gasteiger partial charge in [0.15, 0.2) is 11.5 Å². The molecular weight excluding hydrogens is 436 g/mol. The summed E-state index contributed by atoms with van der Waals surface area (Å²) in [6.07, 6.45) is 7.38. The number of benzene rings is 1. The minimum Gasteiger partial charge on any atom is -0.335 e. The number of aryl methyl sites for hydroxylation is 1. The molecule has 5 heterocycles. The van der Waals surface area contributed by atoms with Gasteiger partial charge in [-0.25, -0.2) is 9.97 Å². The van der Waals surface area contributed by atoms with Gasteiger partial charge >= 0.3 is 0 Å². The Labute approximate surface area is 202 Å². The maximum atomic E-state index is 4.94. The third kappa shape index (κ3) is 3.94. The van der Waals surface area contributed by atoms with Crippen molar-refractivity contribution >= 4 is 22.1 Å². The summed E-state index contributed by atoms with van der Waals surface area (Å²) in [4.78, 5) is 24.2. The predicted octanol–water partition coefficient (Wildman–Crippen LogP) is 5.00. The molecule has 2 N–H and O–H groups in total. The lowest BCUT2D eigenvalue weighted by atomic mass is 10.0. The van der Waals surface area contributed by atoms with E-state index in [4.69, 9.17) is 9.97 Å². The highest BCUT2D eigenvalue weighted by atomic mass is 15.2. The molecule has 0 aliphatic rings. The van der Waals surface area contributed by atoms with E-state index in [1.165, 1.54) is 5.56 Å². The third-order valence-electron chi connectivity index (χ3n) is 5.94. The molecule has 0 saturated carbocycles. The molecular formula is C27H24N8. The molecule has 35 heavy (non-hydrogen) atoms. The zero-order valence-electron chi connectivity index (χ0n) is 19.7. The highest BCUT2D eigenvalue weighted by molar-refractivity contribution is 5.95. The monoisotopic (exact) mass is 460 g/mol. The Morgan fingerprint density at radius 1 is 0.829 bits per heavy atom. The fourth-order valence-corrected chi connectivity index (χ4v) is 4.37. The number of aromatic amines is 2. The Morgan fingerprint density at radius 2 is 1.71 bits per heavy atom. The molecule has 0 bridgehead atoms. The first-order chi connectivity index (χ1) is 17.0. The Hall–Kier alpha value is -4.43. The van der Waals surface area contributed by atoms with Crippen molar-refractivity contribution in [1.82, 2.24) is 40.0 Å². The van der Waals surface area contributed by atoms with Crippen molar-refractivity contribution in [2.75, 3.05) is 14.1 Å². The zero-order valence-corrected chi connectivity index (χ0v) is 19.7. The summed E-state index contributed by atoms with van der Waals surface area (Å²) >= 11 is 0. The van der Waals surface area contributed by atoms with E-state index in [-0.39, 0.29) is 0 Å². The Balaban J connectivity index is 1.45. The SMILES string of the molecule is Cc1cccc(-c2cncc3[nH]c(-c4n[nH]c5ccc(-c6cncc(CN(C)C)c6)nc45)nc23)c1. The minimum atomic E-state index is 0.650. The third-order valence-corrected chi connectivity index (χ3v) is 5.94. The van der Waals surface area contributed by atoms with Crippen LogP contribution in [0.25, 0.3) is 56.0 Å². The highest BCUT2D eigenvalue weighted by Crippen LogP contribution is 2.31. The van der Waals surface area contributed by atoms with Crippen LogP contribution >= 0.6 is 0 Å². The van der Waals surface area contributed by atoms with Crippen molar-refractivity contribution in [3.8, 4) is 33.9 Å². The number of rotatable bonds is 5. The number of aromatic nitrogens is 7. The van der Waals surface area contributed by atoms with Gasteiger partial charge in [0.05, 0.1) is 28.4 Å². The molecule has 6 rings (SSSR count). The van der Waals surface area contributed by atoms with Crippen LogP contribution in [0.4, 0.5) is 0 Å². The molecule has 8 heteroatoms. The van der Waals surface area contributed by atoms with Crippen LogP contribution in [0.15, 0.2) is 67.3 Å². The van der Waals surface area contributed by atoms with Crippen LogP contribution in [-0.2, 0) is 6.54 Å². The number of hydrogen-bond acceptors (Lipinski definition) is 6. The van der Waals surface area contributed by atoms with Crippen LogP contribution in [0.5, 0.6) is 0 Å². The van der Waals surface area contributed by atoms with Gasteiger partial charge < -0.3 is 9.88 Å². The van der Waals surface area contributed by atoms with E-state index in [9.17, 15) is 0 Å². The van der Waals surface area contributed by atoms with Crippen molar-refractivity contribution in [1.29, 1.82) is 0 Å². The summed E-state index contributed by atoms with van der Waals surface area (Å²) in [6.45, 7) is 2.90. The molecule has 0 saturated heterocycles. The van der Waals surface area contributed by atoms with Crippen molar-refractivity contribution in [3.63, 3.8) is 0 Å². The molecule has 0 amide bonds. The Morgan fingerprint density at radius 3 is 2.57 bits per heavy atom. The first-order valence-electron chi connectivity index (χ1n) is 11.4. The van der Waals surface area contributed by atoms with E-state index < -0.39 is 0 Å². The molecule has 5 aromatic heterocycles. The molecule has 0 fully saturated rings. The maximum Gasteiger partial charge on any atom is 0.161 e. The fourth-order valence-electron chi connectivity index (χ4n) is 4.37. The molecule has 0 radical (unpaired) electrons. The van der Waals surface area contributed by atoms with Gasteiger partial charge in [-0.15, -0.1) is 0 Å². The molecule has 6 aromatic rings. The van der Waals surface area contributed by atoms with Crippen molar-refractivity contribution in [2.24, 2.45) is 0 Å². The van der Waals surface area contributed by atoms with Gasteiger partial charge in [0, 0.05) is 36.3 Å². The van der Waals surface area contributed by atoms with Gasteiger partial charge in [0.1, 0.15) is 5.52 Å². The maximum absolute atomic E-state index is 4.94. The lowest BCUT2D eigenvalue weighted by Gasteiger charge is -2.10. The zero-order chi connectivity index (χ0) is 23.9. The number of nitrogens with one attached hydrogen (secondary N) is 2. The van der Waals surface area contributed by atoms with Crippen molar-refractivity contribution < 1.29 is 0 Å². The van der Waals surface area contributed by atoms with E-state index in [0.29, 0.717) is 11.5 Å². The second-order valence-electron chi connectivity index (χ2n) is 9.02. The number of pyridine rings is 3. The van der Waals surface area contributed by atoms with Crippen LogP contribution in [0.1, 0.15) is 11.1 Å². The van der Waals surface area contributed by atoms with Gasteiger partial charge in [-0.3, -0.25) is 15.1 Å². The van der Waals surface area contributed by atoms with Crippen LogP contribution in [0.3, 0.4) is 0 Å². The van der Waals surface area contributed by atoms with Crippen molar-refractivity contribution in [2.45, 2.75) is 13.5 Å². The van der Waals surface area contributed by atoms with E-state index in [1.807, 2.05) is 50.9 Å². The van der Waals surface area contributed by atoms with Gasteiger partial charge in [0.2, 0.25) is 0 Å². The van der Waals surface area contributed by atoms with Crippen LogP contribution < -0.4 is 0 Å². The highest BCUT2D eigenvalue weighted by Gasteiger charge is 2.17.